The van der Waals surface area contributed by atoms with Gasteiger partial charge in [0.2, 0.25) is 0 Å². The molecule has 16 heavy (non-hydrogen) atoms. The molecule has 0 aliphatic heterocycles. The van der Waals surface area contributed by atoms with Crippen LogP contribution in [0.4, 0.5) is 0 Å². The summed E-state index contributed by atoms with van der Waals surface area (Å²) in [5, 5.41) is 0. The smallest absolute Gasteiger partial charge is 0.136 e. The van der Waals surface area contributed by atoms with E-state index in [4.69, 9.17) is 0 Å². The maximum atomic E-state index is 12.2. The summed E-state index contributed by atoms with van der Waals surface area (Å²) >= 11 is 0. The van der Waals surface area contributed by atoms with Crippen LogP contribution >= 0.6 is 0 Å². The summed E-state index contributed by atoms with van der Waals surface area (Å²) in [4.78, 5) is 12.2. The Kier molecular flexibility index (Phi) is 4.58. The van der Waals surface area contributed by atoms with E-state index in [0.29, 0.717) is 11.7 Å². The molecule has 1 nitrogen and oxygen atoms in total. The largest absolute Gasteiger partial charge is 0.299 e. The summed E-state index contributed by atoms with van der Waals surface area (Å²) in [6.45, 7) is 11.0. The lowest BCUT2D eigenvalue weighted by molar-refractivity contribution is -0.125. The molecule has 1 heteroatoms. The van der Waals surface area contributed by atoms with Gasteiger partial charge in [-0.1, -0.05) is 41.0 Å². The summed E-state index contributed by atoms with van der Waals surface area (Å²) < 4.78 is 0. The highest BCUT2D eigenvalue weighted by Gasteiger charge is 2.36. The molecule has 1 rings (SSSR count). The van der Waals surface area contributed by atoms with Gasteiger partial charge in [0.15, 0.2) is 0 Å². The summed E-state index contributed by atoms with van der Waals surface area (Å²) in [6.07, 6.45) is 5.49. The summed E-state index contributed by atoms with van der Waals surface area (Å²) in [7, 11) is 0. The zero-order valence-electron chi connectivity index (χ0n) is 11.7. The first-order valence-corrected chi connectivity index (χ1v) is 6.86. The Balaban J connectivity index is 2.45. The molecule has 3 atom stereocenters. The topological polar surface area (TPSA) is 17.1 Å². The van der Waals surface area contributed by atoms with Crippen LogP contribution in [0.15, 0.2) is 0 Å². The van der Waals surface area contributed by atoms with E-state index < -0.39 is 0 Å². The number of hydrogen-bond acceptors (Lipinski definition) is 1. The van der Waals surface area contributed by atoms with Crippen LogP contribution in [0, 0.1) is 23.2 Å². The highest BCUT2D eigenvalue weighted by molar-refractivity contribution is 5.81. The van der Waals surface area contributed by atoms with Gasteiger partial charge < -0.3 is 0 Å². The minimum absolute atomic E-state index is 0.151. The number of ketones is 1. The van der Waals surface area contributed by atoms with Crippen LogP contribution in [0.2, 0.25) is 0 Å². The molecule has 0 N–H and O–H groups in total. The van der Waals surface area contributed by atoms with Gasteiger partial charge in [-0.05, 0) is 36.5 Å². The van der Waals surface area contributed by atoms with Crippen molar-refractivity contribution in [3.05, 3.63) is 0 Å². The van der Waals surface area contributed by atoms with E-state index >= 15 is 0 Å². The minimum Gasteiger partial charge on any atom is -0.299 e. The highest BCUT2D eigenvalue weighted by Crippen LogP contribution is 2.43. The van der Waals surface area contributed by atoms with Crippen LogP contribution in [0.1, 0.15) is 66.7 Å². The first-order valence-electron chi connectivity index (χ1n) is 6.86. The van der Waals surface area contributed by atoms with Crippen molar-refractivity contribution < 1.29 is 4.79 Å². The molecule has 1 aliphatic rings. The molecule has 0 heterocycles. The molecule has 94 valence electrons. The van der Waals surface area contributed by atoms with Gasteiger partial charge in [-0.25, -0.2) is 0 Å². The molecule has 1 saturated carbocycles. The third-order valence-electron chi connectivity index (χ3n) is 3.66. The Morgan fingerprint density at radius 2 is 1.94 bits per heavy atom. The van der Waals surface area contributed by atoms with Crippen molar-refractivity contribution in [2.75, 3.05) is 0 Å². The van der Waals surface area contributed by atoms with Crippen molar-refractivity contribution in [1.82, 2.24) is 0 Å². The van der Waals surface area contributed by atoms with E-state index in [0.717, 1.165) is 37.5 Å². The van der Waals surface area contributed by atoms with E-state index in [1.165, 1.54) is 6.42 Å². The molecule has 0 saturated heterocycles. The highest BCUT2D eigenvalue weighted by atomic mass is 16.1. The fourth-order valence-corrected chi connectivity index (χ4v) is 2.52. The molecule has 0 amide bonds. The fraction of sp³-hybridized carbons (Fsp3) is 0.933. The lowest BCUT2D eigenvalue weighted by atomic mass is 9.82. The normalized spacial score (nSPS) is 26.6. The molecular weight excluding hydrogens is 196 g/mol. The molecule has 0 aromatic heterocycles. The summed E-state index contributed by atoms with van der Waals surface area (Å²) in [6, 6.07) is 0. The third-order valence-corrected chi connectivity index (χ3v) is 3.66. The van der Waals surface area contributed by atoms with Crippen molar-refractivity contribution in [3.8, 4) is 0 Å². The van der Waals surface area contributed by atoms with Crippen LogP contribution in [-0.2, 0) is 4.79 Å². The van der Waals surface area contributed by atoms with E-state index in [1.54, 1.807) is 0 Å². The number of rotatable bonds is 6. The number of carbonyl (C=O) groups excluding carboxylic acids is 1. The lowest BCUT2D eigenvalue weighted by Gasteiger charge is -2.22. The molecule has 1 aliphatic carbocycles. The molecule has 0 bridgehead atoms. The maximum Gasteiger partial charge on any atom is 0.136 e. The fourth-order valence-electron chi connectivity index (χ4n) is 2.52. The zero-order valence-corrected chi connectivity index (χ0v) is 11.7. The van der Waals surface area contributed by atoms with Crippen molar-refractivity contribution in [1.29, 1.82) is 0 Å². The molecule has 0 aromatic rings. The van der Waals surface area contributed by atoms with Gasteiger partial charge in [0.05, 0.1) is 0 Å². The zero-order chi connectivity index (χ0) is 12.3. The van der Waals surface area contributed by atoms with Gasteiger partial charge in [-0.3, -0.25) is 4.79 Å². The maximum absolute atomic E-state index is 12.2. The predicted molar refractivity (Wildman–Crippen MR) is 69.4 cm³/mol. The van der Waals surface area contributed by atoms with Crippen LogP contribution in [0.3, 0.4) is 0 Å². The van der Waals surface area contributed by atoms with Gasteiger partial charge in [0.25, 0.3) is 0 Å². The van der Waals surface area contributed by atoms with E-state index in [1.807, 2.05) is 0 Å². The Labute approximate surface area is 101 Å². The Bertz CT molecular complexity index is 236. The molecule has 0 radical (unpaired) electrons. The molecule has 0 spiro atoms. The number of carbonyl (C=O) groups is 1. The number of hydrogen-bond donors (Lipinski definition) is 0. The SMILES string of the molecule is CCCC(CC1CC1C)C(=O)CC(C)(C)C. The summed E-state index contributed by atoms with van der Waals surface area (Å²) in [5.74, 6) is 2.58. The van der Waals surface area contributed by atoms with Gasteiger partial charge in [-0.15, -0.1) is 0 Å². The van der Waals surface area contributed by atoms with Gasteiger partial charge in [-0.2, -0.15) is 0 Å². The van der Waals surface area contributed by atoms with Gasteiger partial charge in [0.1, 0.15) is 5.78 Å². The van der Waals surface area contributed by atoms with Crippen LogP contribution in [0.5, 0.6) is 0 Å². The predicted octanol–water partition coefficient (Wildman–Crippen LogP) is 4.45. The van der Waals surface area contributed by atoms with Gasteiger partial charge in [0, 0.05) is 12.3 Å². The van der Waals surface area contributed by atoms with Crippen LogP contribution in [-0.4, -0.2) is 5.78 Å². The van der Waals surface area contributed by atoms with E-state index in [9.17, 15) is 4.79 Å². The Morgan fingerprint density at radius 1 is 1.38 bits per heavy atom. The average molecular weight is 224 g/mol. The lowest BCUT2D eigenvalue weighted by Crippen LogP contribution is -2.21. The second-order valence-corrected chi connectivity index (χ2v) is 6.90. The van der Waals surface area contributed by atoms with Crippen molar-refractivity contribution in [2.45, 2.75) is 66.7 Å². The van der Waals surface area contributed by atoms with Crippen LogP contribution in [0.25, 0.3) is 0 Å². The van der Waals surface area contributed by atoms with Crippen molar-refractivity contribution >= 4 is 5.78 Å². The second kappa shape index (κ2) is 5.33. The molecule has 1 fully saturated rings. The Morgan fingerprint density at radius 3 is 2.31 bits per heavy atom. The van der Waals surface area contributed by atoms with Gasteiger partial charge >= 0.3 is 0 Å². The van der Waals surface area contributed by atoms with E-state index in [2.05, 4.69) is 34.6 Å². The summed E-state index contributed by atoms with van der Waals surface area (Å²) in [5.41, 5.74) is 0.151. The number of Topliss-reactive ketones (excluding diaryl/α,β-unsaturated/α-hetero) is 1. The first kappa shape index (κ1) is 13.7. The average Bonchev–Trinajstić information content (AvgIpc) is 2.78. The monoisotopic (exact) mass is 224 g/mol. The standard InChI is InChI=1S/C15H28O/c1-6-7-12(9-13-8-11(13)2)14(16)10-15(3,4)5/h11-13H,6-10H2,1-5H3. The molecular formula is C15H28O. The quantitative estimate of drug-likeness (QED) is 0.651. The second-order valence-electron chi connectivity index (χ2n) is 6.90. The minimum atomic E-state index is 0.151. The first-order chi connectivity index (χ1) is 7.33. The third kappa shape index (κ3) is 4.67. The molecule has 0 aromatic carbocycles. The van der Waals surface area contributed by atoms with Crippen molar-refractivity contribution in [2.24, 2.45) is 23.2 Å². The van der Waals surface area contributed by atoms with Crippen LogP contribution < -0.4 is 0 Å². The Hall–Kier alpha value is -0.330. The van der Waals surface area contributed by atoms with Crippen molar-refractivity contribution in [3.63, 3.8) is 0 Å². The molecule has 3 unspecified atom stereocenters. The van der Waals surface area contributed by atoms with E-state index in [-0.39, 0.29) is 5.41 Å².